The lowest BCUT2D eigenvalue weighted by molar-refractivity contribution is 0.609. The molecule has 3 heterocycles. The predicted molar refractivity (Wildman–Crippen MR) is 118 cm³/mol. The van der Waals surface area contributed by atoms with Gasteiger partial charge in [-0.1, -0.05) is 42.5 Å². The maximum Gasteiger partial charge on any atom is 0.162 e. The molecule has 5 heteroatoms. The van der Waals surface area contributed by atoms with Gasteiger partial charge in [-0.05, 0) is 42.7 Å². The van der Waals surface area contributed by atoms with Crippen molar-refractivity contribution in [2.75, 3.05) is 11.4 Å². The smallest absolute Gasteiger partial charge is 0.162 e. The van der Waals surface area contributed by atoms with Gasteiger partial charge < -0.3 is 4.90 Å². The standard InChI is InChI=1S/C25H21N5/c26-17-21(18-7-2-1-3-8-18)23-11-6-16-30(23)25-20-9-4-5-10-22(20)28-24(29-25)19-12-14-27-15-13-19/h1-5,7-10,12-15,21,23H,6,11,16H2. The third-order valence-electron chi connectivity index (χ3n) is 5.78. The van der Waals surface area contributed by atoms with Crippen molar-refractivity contribution in [2.24, 2.45) is 0 Å². The number of nitriles is 1. The van der Waals surface area contributed by atoms with Crippen molar-refractivity contribution in [3.63, 3.8) is 0 Å². The highest BCUT2D eigenvalue weighted by atomic mass is 15.2. The quantitative estimate of drug-likeness (QED) is 0.491. The van der Waals surface area contributed by atoms with E-state index in [1.807, 2.05) is 60.7 Å². The van der Waals surface area contributed by atoms with Crippen molar-refractivity contribution >= 4 is 16.7 Å². The van der Waals surface area contributed by atoms with E-state index in [4.69, 9.17) is 9.97 Å². The number of nitrogens with zero attached hydrogens (tertiary/aromatic N) is 5. The molecular formula is C25H21N5. The molecule has 0 aliphatic carbocycles. The van der Waals surface area contributed by atoms with E-state index in [1.54, 1.807) is 12.4 Å². The molecule has 5 rings (SSSR count). The van der Waals surface area contributed by atoms with E-state index < -0.39 is 0 Å². The van der Waals surface area contributed by atoms with Gasteiger partial charge in [0.25, 0.3) is 0 Å². The lowest BCUT2D eigenvalue weighted by atomic mass is 9.91. The monoisotopic (exact) mass is 391 g/mol. The van der Waals surface area contributed by atoms with Crippen molar-refractivity contribution < 1.29 is 0 Å². The highest BCUT2D eigenvalue weighted by molar-refractivity contribution is 5.91. The molecule has 2 atom stereocenters. The van der Waals surface area contributed by atoms with Crippen LogP contribution in [0.2, 0.25) is 0 Å². The number of anilines is 1. The minimum absolute atomic E-state index is 0.0843. The third kappa shape index (κ3) is 3.27. The van der Waals surface area contributed by atoms with E-state index in [2.05, 4.69) is 22.0 Å². The maximum absolute atomic E-state index is 10.0. The predicted octanol–water partition coefficient (Wildman–Crippen LogP) is 4.97. The number of pyridine rings is 1. The van der Waals surface area contributed by atoms with Gasteiger partial charge in [-0.2, -0.15) is 5.26 Å². The van der Waals surface area contributed by atoms with Gasteiger partial charge in [0, 0.05) is 29.9 Å². The first-order valence-electron chi connectivity index (χ1n) is 10.2. The summed E-state index contributed by atoms with van der Waals surface area (Å²) in [5.74, 6) is 1.39. The summed E-state index contributed by atoms with van der Waals surface area (Å²) < 4.78 is 0. The Labute approximate surface area is 175 Å². The van der Waals surface area contributed by atoms with Crippen LogP contribution in [0.5, 0.6) is 0 Å². The first kappa shape index (κ1) is 18.3. The van der Waals surface area contributed by atoms with E-state index in [-0.39, 0.29) is 12.0 Å². The molecule has 0 N–H and O–H groups in total. The fourth-order valence-corrected chi connectivity index (χ4v) is 4.35. The Hall–Kier alpha value is -3.78. The molecule has 2 aromatic heterocycles. The summed E-state index contributed by atoms with van der Waals surface area (Å²) >= 11 is 0. The van der Waals surface area contributed by atoms with Gasteiger partial charge in [-0.3, -0.25) is 4.98 Å². The maximum atomic E-state index is 10.0. The molecule has 30 heavy (non-hydrogen) atoms. The lowest BCUT2D eigenvalue weighted by Gasteiger charge is -2.30. The van der Waals surface area contributed by atoms with E-state index in [9.17, 15) is 5.26 Å². The highest BCUT2D eigenvalue weighted by Gasteiger charge is 2.34. The first-order chi connectivity index (χ1) is 14.8. The molecule has 146 valence electrons. The molecule has 0 saturated carbocycles. The first-order valence-corrected chi connectivity index (χ1v) is 10.2. The Kier molecular flexibility index (Phi) is 4.82. The number of aromatic nitrogens is 3. The number of hydrogen-bond donors (Lipinski definition) is 0. The van der Waals surface area contributed by atoms with E-state index in [0.717, 1.165) is 47.2 Å². The van der Waals surface area contributed by atoms with Crippen molar-refractivity contribution in [2.45, 2.75) is 24.8 Å². The van der Waals surface area contributed by atoms with Crippen LogP contribution in [0.25, 0.3) is 22.3 Å². The second-order valence-corrected chi connectivity index (χ2v) is 7.54. The van der Waals surface area contributed by atoms with Gasteiger partial charge in [0.05, 0.1) is 23.5 Å². The van der Waals surface area contributed by atoms with Crippen LogP contribution < -0.4 is 4.90 Å². The zero-order valence-electron chi connectivity index (χ0n) is 16.5. The zero-order valence-corrected chi connectivity index (χ0v) is 16.5. The van der Waals surface area contributed by atoms with Crippen LogP contribution in [0.4, 0.5) is 5.82 Å². The Morgan fingerprint density at radius 2 is 1.70 bits per heavy atom. The van der Waals surface area contributed by atoms with Crippen LogP contribution in [-0.2, 0) is 0 Å². The number of benzene rings is 2. The summed E-state index contributed by atoms with van der Waals surface area (Å²) in [5.41, 5.74) is 2.91. The van der Waals surface area contributed by atoms with E-state index in [1.165, 1.54) is 0 Å². The Morgan fingerprint density at radius 3 is 2.50 bits per heavy atom. The van der Waals surface area contributed by atoms with Crippen molar-refractivity contribution in [1.29, 1.82) is 5.26 Å². The van der Waals surface area contributed by atoms with Crippen LogP contribution in [0.1, 0.15) is 24.3 Å². The lowest BCUT2D eigenvalue weighted by Crippen LogP contribution is -2.35. The Bertz CT molecular complexity index is 1200. The summed E-state index contributed by atoms with van der Waals surface area (Å²) in [6, 6.07) is 24.7. The number of rotatable bonds is 4. The highest BCUT2D eigenvalue weighted by Crippen LogP contribution is 2.37. The van der Waals surface area contributed by atoms with Gasteiger partial charge in [-0.25, -0.2) is 9.97 Å². The van der Waals surface area contributed by atoms with Crippen LogP contribution in [-0.4, -0.2) is 27.5 Å². The molecule has 0 amide bonds. The van der Waals surface area contributed by atoms with Gasteiger partial charge in [0.15, 0.2) is 5.82 Å². The van der Waals surface area contributed by atoms with Crippen molar-refractivity contribution in [3.05, 3.63) is 84.7 Å². The largest absolute Gasteiger partial charge is 0.351 e. The normalized spacial score (nSPS) is 17.0. The van der Waals surface area contributed by atoms with Crippen molar-refractivity contribution in [3.8, 4) is 17.5 Å². The summed E-state index contributed by atoms with van der Waals surface area (Å²) in [7, 11) is 0. The summed E-state index contributed by atoms with van der Waals surface area (Å²) in [4.78, 5) is 16.2. The van der Waals surface area contributed by atoms with Crippen LogP contribution in [0, 0.1) is 11.3 Å². The number of para-hydroxylation sites is 1. The van der Waals surface area contributed by atoms with Gasteiger partial charge in [-0.15, -0.1) is 0 Å². The molecule has 2 aromatic carbocycles. The van der Waals surface area contributed by atoms with Crippen LogP contribution in [0.3, 0.4) is 0 Å². The van der Waals surface area contributed by atoms with Gasteiger partial charge in [0.1, 0.15) is 5.82 Å². The molecule has 1 saturated heterocycles. The van der Waals surface area contributed by atoms with Crippen LogP contribution >= 0.6 is 0 Å². The third-order valence-corrected chi connectivity index (χ3v) is 5.78. The summed E-state index contributed by atoms with van der Waals surface area (Å²) in [6.07, 6.45) is 5.52. The number of hydrogen-bond acceptors (Lipinski definition) is 5. The van der Waals surface area contributed by atoms with Gasteiger partial charge >= 0.3 is 0 Å². The SMILES string of the molecule is N#CC(c1ccccc1)C1CCCN1c1nc(-c2ccncc2)nc2ccccc12. The summed E-state index contributed by atoms with van der Waals surface area (Å²) in [5, 5.41) is 11.1. The van der Waals surface area contributed by atoms with Crippen molar-refractivity contribution in [1.82, 2.24) is 15.0 Å². The number of fused-ring (bicyclic) bond motifs is 1. The molecule has 1 aliphatic rings. The van der Waals surface area contributed by atoms with E-state index in [0.29, 0.717) is 5.82 Å². The van der Waals surface area contributed by atoms with Crippen LogP contribution in [0.15, 0.2) is 79.1 Å². The van der Waals surface area contributed by atoms with E-state index >= 15 is 0 Å². The molecular weight excluding hydrogens is 370 g/mol. The average molecular weight is 391 g/mol. The topological polar surface area (TPSA) is 65.7 Å². The molecule has 0 spiro atoms. The fourth-order valence-electron chi connectivity index (χ4n) is 4.35. The average Bonchev–Trinajstić information content (AvgIpc) is 3.29. The molecule has 0 radical (unpaired) electrons. The minimum Gasteiger partial charge on any atom is -0.351 e. The molecule has 1 aliphatic heterocycles. The second-order valence-electron chi connectivity index (χ2n) is 7.54. The fraction of sp³-hybridized carbons (Fsp3) is 0.200. The summed E-state index contributed by atoms with van der Waals surface area (Å²) in [6.45, 7) is 0.881. The zero-order chi connectivity index (χ0) is 20.3. The second kappa shape index (κ2) is 7.92. The Balaban J connectivity index is 1.63. The molecule has 5 nitrogen and oxygen atoms in total. The minimum atomic E-state index is -0.202. The Morgan fingerprint density at radius 1 is 0.933 bits per heavy atom. The molecule has 2 unspecified atom stereocenters. The molecule has 4 aromatic rings. The van der Waals surface area contributed by atoms with Gasteiger partial charge in [0.2, 0.25) is 0 Å². The molecule has 1 fully saturated rings. The molecule has 0 bridgehead atoms.